The van der Waals surface area contributed by atoms with E-state index in [0.717, 1.165) is 31.9 Å². The normalized spacial score (nSPS) is 18.5. The lowest BCUT2D eigenvalue weighted by Crippen LogP contribution is -2.45. The van der Waals surface area contributed by atoms with E-state index in [1.54, 1.807) is 0 Å². The molecule has 1 aromatic carbocycles. The summed E-state index contributed by atoms with van der Waals surface area (Å²) in [6.07, 6.45) is 0. The van der Waals surface area contributed by atoms with Crippen molar-refractivity contribution < 1.29 is 4.84 Å². The van der Waals surface area contributed by atoms with Gasteiger partial charge in [0, 0.05) is 26.2 Å². The van der Waals surface area contributed by atoms with Crippen LogP contribution in [0, 0.1) is 0 Å². The molecule has 1 heterocycles. The van der Waals surface area contributed by atoms with Gasteiger partial charge in [-0.15, -0.1) is 5.06 Å². The van der Waals surface area contributed by atoms with Gasteiger partial charge in [0.05, 0.1) is 0 Å². The number of piperazine rings is 1. The second-order valence-electron chi connectivity index (χ2n) is 3.08. The smallest absolute Gasteiger partial charge is 0.147 e. The van der Waals surface area contributed by atoms with E-state index in [-0.39, 0.29) is 0 Å². The third kappa shape index (κ3) is 2.44. The molecule has 0 unspecified atom stereocenters. The van der Waals surface area contributed by atoms with Crippen molar-refractivity contribution in [1.82, 2.24) is 10.4 Å². The topological polar surface area (TPSA) is 24.5 Å². The van der Waals surface area contributed by atoms with E-state index in [1.165, 1.54) is 0 Å². The number of hydrogen-bond donors (Lipinski definition) is 1. The largest absolute Gasteiger partial charge is 0.406 e. The summed E-state index contributed by atoms with van der Waals surface area (Å²) in [5.41, 5.74) is 0. The van der Waals surface area contributed by atoms with Crippen molar-refractivity contribution in [3.8, 4) is 5.75 Å². The minimum atomic E-state index is 0.921. The van der Waals surface area contributed by atoms with Crippen LogP contribution in [0.4, 0.5) is 0 Å². The highest BCUT2D eigenvalue weighted by atomic mass is 16.7. The maximum Gasteiger partial charge on any atom is 0.147 e. The maximum atomic E-state index is 5.65. The Morgan fingerprint density at radius 2 is 1.77 bits per heavy atom. The van der Waals surface area contributed by atoms with E-state index in [9.17, 15) is 0 Å². The Bertz CT molecular complexity index is 244. The zero-order chi connectivity index (χ0) is 8.93. The predicted octanol–water partition coefficient (Wildman–Crippen LogP) is 0.886. The Morgan fingerprint density at radius 3 is 2.46 bits per heavy atom. The van der Waals surface area contributed by atoms with Crippen LogP contribution in [0.2, 0.25) is 0 Å². The van der Waals surface area contributed by atoms with Gasteiger partial charge in [-0.25, -0.2) is 0 Å². The van der Waals surface area contributed by atoms with Crippen molar-refractivity contribution in [2.75, 3.05) is 26.2 Å². The van der Waals surface area contributed by atoms with Crippen LogP contribution >= 0.6 is 0 Å². The van der Waals surface area contributed by atoms with Crippen molar-refractivity contribution in [3.63, 3.8) is 0 Å². The fourth-order valence-corrected chi connectivity index (χ4v) is 1.37. The molecule has 1 saturated heterocycles. The van der Waals surface area contributed by atoms with Gasteiger partial charge in [0.2, 0.25) is 0 Å². The van der Waals surface area contributed by atoms with Crippen LogP contribution in [0.25, 0.3) is 0 Å². The van der Waals surface area contributed by atoms with Gasteiger partial charge in [0.15, 0.2) is 0 Å². The Labute approximate surface area is 78.3 Å². The van der Waals surface area contributed by atoms with Crippen LogP contribution in [-0.2, 0) is 0 Å². The molecule has 1 fully saturated rings. The first-order valence-corrected chi connectivity index (χ1v) is 4.64. The molecular formula is C10H14N2O. The first kappa shape index (κ1) is 8.53. The maximum absolute atomic E-state index is 5.65. The number of benzene rings is 1. The summed E-state index contributed by atoms with van der Waals surface area (Å²) >= 11 is 0. The van der Waals surface area contributed by atoms with Gasteiger partial charge in [0.25, 0.3) is 0 Å². The molecule has 70 valence electrons. The molecule has 0 aromatic heterocycles. The highest BCUT2D eigenvalue weighted by molar-refractivity contribution is 5.20. The molecule has 0 spiro atoms. The van der Waals surface area contributed by atoms with Crippen LogP contribution in [0.15, 0.2) is 30.3 Å². The van der Waals surface area contributed by atoms with Crippen LogP contribution in [-0.4, -0.2) is 31.2 Å². The fraction of sp³-hybridized carbons (Fsp3) is 0.400. The van der Waals surface area contributed by atoms with Gasteiger partial charge >= 0.3 is 0 Å². The molecular weight excluding hydrogens is 164 g/mol. The van der Waals surface area contributed by atoms with Crippen LogP contribution in [0.1, 0.15) is 0 Å². The van der Waals surface area contributed by atoms with Gasteiger partial charge < -0.3 is 10.2 Å². The van der Waals surface area contributed by atoms with Crippen molar-refractivity contribution in [2.24, 2.45) is 0 Å². The Kier molecular flexibility index (Phi) is 2.79. The van der Waals surface area contributed by atoms with Crippen LogP contribution < -0.4 is 10.2 Å². The van der Waals surface area contributed by atoms with Crippen molar-refractivity contribution in [3.05, 3.63) is 30.3 Å². The zero-order valence-electron chi connectivity index (χ0n) is 7.57. The highest BCUT2D eigenvalue weighted by Crippen LogP contribution is 2.10. The monoisotopic (exact) mass is 178 g/mol. The summed E-state index contributed by atoms with van der Waals surface area (Å²) in [5, 5.41) is 5.27. The number of para-hydroxylation sites is 1. The van der Waals surface area contributed by atoms with Gasteiger partial charge in [-0.3, -0.25) is 0 Å². The van der Waals surface area contributed by atoms with Crippen LogP contribution in [0.5, 0.6) is 5.75 Å². The first-order chi connectivity index (χ1) is 6.45. The number of nitrogens with one attached hydrogen (secondary N) is 1. The lowest BCUT2D eigenvalue weighted by atomic mass is 10.3. The molecule has 1 aliphatic heterocycles. The van der Waals surface area contributed by atoms with Crippen molar-refractivity contribution >= 4 is 0 Å². The molecule has 2 rings (SSSR count). The molecule has 0 radical (unpaired) electrons. The molecule has 0 bridgehead atoms. The summed E-state index contributed by atoms with van der Waals surface area (Å²) in [6.45, 7) is 3.92. The molecule has 1 aromatic rings. The zero-order valence-corrected chi connectivity index (χ0v) is 7.57. The quantitative estimate of drug-likeness (QED) is 0.727. The van der Waals surface area contributed by atoms with E-state index < -0.39 is 0 Å². The molecule has 13 heavy (non-hydrogen) atoms. The average molecular weight is 178 g/mol. The number of nitrogens with zero attached hydrogens (tertiary/aromatic N) is 1. The summed E-state index contributed by atoms with van der Waals surface area (Å²) in [6, 6.07) is 9.91. The average Bonchev–Trinajstić information content (AvgIpc) is 2.21. The molecule has 0 aliphatic carbocycles. The summed E-state index contributed by atoms with van der Waals surface area (Å²) < 4.78 is 0. The predicted molar refractivity (Wildman–Crippen MR) is 51.5 cm³/mol. The molecule has 0 atom stereocenters. The van der Waals surface area contributed by atoms with Crippen molar-refractivity contribution in [1.29, 1.82) is 0 Å². The highest BCUT2D eigenvalue weighted by Gasteiger charge is 2.10. The van der Waals surface area contributed by atoms with E-state index in [0.29, 0.717) is 0 Å². The van der Waals surface area contributed by atoms with Crippen LogP contribution in [0.3, 0.4) is 0 Å². The first-order valence-electron chi connectivity index (χ1n) is 4.64. The molecule has 1 N–H and O–H groups in total. The second-order valence-corrected chi connectivity index (χ2v) is 3.08. The van der Waals surface area contributed by atoms with Gasteiger partial charge in [-0.05, 0) is 12.1 Å². The fourth-order valence-electron chi connectivity index (χ4n) is 1.37. The lowest BCUT2D eigenvalue weighted by Gasteiger charge is -2.26. The SMILES string of the molecule is c1ccc(ON2CCNCC2)cc1. The number of hydroxylamine groups is 2. The summed E-state index contributed by atoms with van der Waals surface area (Å²) in [5.74, 6) is 0.921. The third-order valence-electron chi connectivity index (χ3n) is 2.05. The van der Waals surface area contributed by atoms with Gasteiger partial charge in [0.1, 0.15) is 5.75 Å². The number of hydrogen-bond acceptors (Lipinski definition) is 3. The minimum Gasteiger partial charge on any atom is -0.406 e. The Hall–Kier alpha value is -1.06. The Morgan fingerprint density at radius 1 is 1.08 bits per heavy atom. The number of rotatable bonds is 2. The molecule has 3 nitrogen and oxygen atoms in total. The molecule has 1 aliphatic rings. The molecule has 3 heteroatoms. The van der Waals surface area contributed by atoms with E-state index in [2.05, 4.69) is 5.32 Å². The van der Waals surface area contributed by atoms with Gasteiger partial charge in [-0.2, -0.15) is 0 Å². The second kappa shape index (κ2) is 4.25. The minimum absolute atomic E-state index is 0.921. The molecule has 0 saturated carbocycles. The van der Waals surface area contributed by atoms with E-state index >= 15 is 0 Å². The standard InChI is InChI=1S/C10H14N2O/c1-2-4-10(5-3-1)13-12-8-6-11-7-9-12/h1-5,11H,6-9H2. The van der Waals surface area contributed by atoms with E-state index in [4.69, 9.17) is 4.84 Å². The lowest BCUT2D eigenvalue weighted by molar-refractivity contribution is -0.0664. The molecule has 0 amide bonds. The van der Waals surface area contributed by atoms with E-state index in [1.807, 2.05) is 35.4 Å². The Balaban J connectivity index is 1.90. The van der Waals surface area contributed by atoms with Gasteiger partial charge in [-0.1, -0.05) is 18.2 Å². The van der Waals surface area contributed by atoms with Crippen molar-refractivity contribution in [2.45, 2.75) is 0 Å². The third-order valence-corrected chi connectivity index (χ3v) is 2.05. The summed E-state index contributed by atoms with van der Waals surface area (Å²) in [7, 11) is 0. The summed E-state index contributed by atoms with van der Waals surface area (Å²) in [4.78, 5) is 5.65.